The van der Waals surface area contributed by atoms with Crippen LogP contribution < -0.4 is 10.6 Å². The molecule has 0 bridgehead atoms. The molecule has 10 nitrogen and oxygen atoms in total. The van der Waals surface area contributed by atoms with E-state index in [0.717, 1.165) is 78.2 Å². The molecule has 256 valence electrons. The maximum absolute atomic E-state index is 16.2. The van der Waals surface area contributed by atoms with Gasteiger partial charge >= 0.3 is 0 Å². The number of carbonyl (C=O) groups excluding carboxylic acids is 2. The quantitative estimate of drug-likeness (QED) is 0.289. The zero-order chi connectivity index (χ0) is 31.2. The van der Waals surface area contributed by atoms with E-state index in [-0.39, 0.29) is 48.0 Å². The number of nitrogens with zero attached hydrogens (tertiary/aromatic N) is 3. The van der Waals surface area contributed by atoms with E-state index >= 15 is 4.39 Å². The van der Waals surface area contributed by atoms with Crippen LogP contribution in [0.2, 0.25) is 0 Å². The first kappa shape index (κ1) is 31.6. The van der Waals surface area contributed by atoms with Gasteiger partial charge in [0.05, 0.1) is 61.3 Å². The summed E-state index contributed by atoms with van der Waals surface area (Å²) in [7, 11) is 0. The molecule has 2 N–H and O–H groups in total. The summed E-state index contributed by atoms with van der Waals surface area (Å²) in [4.78, 5) is 34.7. The first-order chi connectivity index (χ1) is 22.5. The van der Waals surface area contributed by atoms with Crippen molar-refractivity contribution in [1.29, 1.82) is 0 Å². The van der Waals surface area contributed by atoms with E-state index in [1.807, 2.05) is 6.20 Å². The van der Waals surface area contributed by atoms with E-state index in [4.69, 9.17) is 14.2 Å². The Morgan fingerprint density at radius 1 is 0.870 bits per heavy atom. The van der Waals surface area contributed by atoms with Crippen LogP contribution >= 0.6 is 0 Å². The minimum Gasteiger partial charge on any atom is -0.379 e. The van der Waals surface area contributed by atoms with E-state index in [1.54, 1.807) is 0 Å². The van der Waals surface area contributed by atoms with Gasteiger partial charge in [0.2, 0.25) is 0 Å². The number of hydrogen-bond acceptors (Lipinski definition) is 9. The number of ketones is 1. The molecule has 11 atom stereocenters. The van der Waals surface area contributed by atoms with Gasteiger partial charge in [0.25, 0.3) is 5.91 Å². The van der Waals surface area contributed by atoms with E-state index in [2.05, 4.69) is 25.3 Å². The molecule has 0 spiro atoms. The summed E-state index contributed by atoms with van der Waals surface area (Å²) in [6, 6.07) is -0.726. The number of halogens is 1. The monoisotopic (exact) mass is 643 g/mol. The molecule has 0 radical (unpaired) electrons. The molecule has 5 aliphatic heterocycles. The van der Waals surface area contributed by atoms with E-state index in [1.165, 1.54) is 32.1 Å². The van der Waals surface area contributed by atoms with Gasteiger partial charge in [-0.25, -0.2) is 4.39 Å². The number of nitrogens with one attached hydrogen (secondary N) is 2. The number of alkyl halides is 1. The summed E-state index contributed by atoms with van der Waals surface area (Å²) in [5.41, 5.74) is 0.183. The molecule has 3 aliphatic carbocycles. The van der Waals surface area contributed by atoms with Gasteiger partial charge in [-0.1, -0.05) is 12.8 Å². The topological polar surface area (TPSA) is 95.6 Å². The summed E-state index contributed by atoms with van der Waals surface area (Å²) in [6.07, 6.45) is 10.6. The molecule has 3 saturated carbocycles. The molecular weight excluding hydrogens is 589 g/mol. The lowest BCUT2D eigenvalue weighted by Crippen LogP contribution is -2.73. The molecule has 0 aromatic rings. The van der Waals surface area contributed by atoms with Crippen molar-refractivity contribution in [2.24, 2.45) is 17.8 Å². The van der Waals surface area contributed by atoms with Crippen molar-refractivity contribution in [1.82, 2.24) is 25.3 Å². The first-order valence-corrected chi connectivity index (χ1v) is 18.6. The number of hydrogen-bond donors (Lipinski definition) is 2. The largest absolute Gasteiger partial charge is 0.379 e. The molecule has 0 aromatic carbocycles. The second kappa shape index (κ2) is 13.7. The zero-order valence-corrected chi connectivity index (χ0v) is 27.3. The molecular formula is C35H54FN5O5. The second-order valence-electron chi connectivity index (χ2n) is 15.3. The zero-order valence-electron chi connectivity index (χ0n) is 27.3. The highest BCUT2D eigenvalue weighted by atomic mass is 19.1. The highest BCUT2D eigenvalue weighted by molar-refractivity contribution is 6.20. The van der Waals surface area contributed by atoms with E-state index in [0.29, 0.717) is 31.0 Å². The van der Waals surface area contributed by atoms with Crippen molar-refractivity contribution in [2.45, 2.75) is 113 Å². The van der Waals surface area contributed by atoms with Gasteiger partial charge in [0.1, 0.15) is 6.17 Å². The van der Waals surface area contributed by atoms with Crippen molar-refractivity contribution in [2.75, 3.05) is 65.6 Å². The summed E-state index contributed by atoms with van der Waals surface area (Å²) in [5.74, 6) is -0.103. The number of likely N-dealkylation sites (tertiary alicyclic amines) is 1. The Bertz CT molecular complexity index is 1150. The average Bonchev–Trinajstić information content (AvgIpc) is 3.72. The maximum Gasteiger partial charge on any atom is 0.256 e. The lowest BCUT2D eigenvalue weighted by molar-refractivity contribution is -0.209. The Balaban J connectivity index is 1.02. The van der Waals surface area contributed by atoms with Crippen LogP contribution in [-0.2, 0) is 23.8 Å². The van der Waals surface area contributed by atoms with Crippen LogP contribution in [-0.4, -0.2) is 141 Å². The molecule has 11 heteroatoms. The van der Waals surface area contributed by atoms with Gasteiger partial charge in [-0.3, -0.25) is 14.5 Å². The van der Waals surface area contributed by atoms with E-state index in [9.17, 15) is 9.59 Å². The minimum atomic E-state index is -1.21. The number of fused-ring (bicyclic) bond motifs is 5. The fourth-order valence-electron chi connectivity index (χ4n) is 10.4. The maximum atomic E-state index is 16.2. The van der Waals surface area contributed by atoms with Crippen molar-refractivity contribution >= 4 is 11.7 Å². The van der Waals surface area contributed by atoms with Gasteiger partial charge in [0.15, 0.2) is 5.78 Å². The summed E-state index contributed by atoms with van der Waals surface area (Å²) in [5, 5.41) is 6.60. The third-order valence-electron chi connectivity index (χ3n) is 12.7. The summed E-state index contributed by atoms with van der Waals surface area (Å²) < 4.78 is 35.4. The molecule has 11 unspecified atom stereocenters. The van der Waals surface area contributed by atoms with Crippen LogP contribution in [0.5, 0.6) is 0 Å². The van der Waals surface area contributed by atoms with Crippen LogP contribution in [0.25, 0.3) is 0 Å². The van der Waals surface area contributed by atoms with Crippen molar-refractivity contribution in [3.8, 4) is 0 Å². The third kappa shape index (κ3) is 6.06. The molecule has 5 heterocycles. The first-order valence-electron chi connectivity index (χ1n) is 18.6. The van der Waals surface area contributed by atoms with Gasteiger partial charge in [-0.15, -0.1) is 0 Å². The lowest BCUT2D eigenvalue weighted by Gasteiger charge is -2.60. The molecule has 0 aromatic heterocycles. The predicted octanol–water partition coefficient (Wildman–Crippen LogP) is 1.88. The summed E-state index contributed by atoms with van der Waals surface area (Å²) in [6.45, 7) is 8.53. The van der Waals surface area contributed by atoms with Crippen molar-refractivity contribution in [3.63, 3.8) is 0 Å². The fraction of sp³-hybridized carbons (Fsp3) is 0.886. The Labute approximate surface area is 273 Å². The van der Waals surface area contributed by atoms with Crippen LogP contribution in [0.15, 0.2) is 11.8 Å². The lowest BCUT2D eigenvalue weighted by atomic mass is 9.67. The average molecular weight is 644 g/mol. The smallest absolute Gasteiger partial charge is 0.256 e. The molecule has 8 aliphatic rings. The van der Waals surface area contributed by atoms with Crippen LogP contribution in [0.1, 0.15) is 64.2 Å². The highest BCUT2D eigenvalue weighted by Gasteiger charge is 2.61. The van der Waals surface area contributed by atoms with E-state index < -0.39 is 24.2 Å². The van der Waals surface area contributed by atoms with Crippen LogP contribution in [0.4, 0.5) is 4.39 Å². The Kier molecular flexibility index (Phi) is 9.42. The van der Waals surface area contributed by atoms with Crippen molar-refractivity contribution in [3.05, 3.63) is 11.8 Å². The standard InChI is InChI=1S/C35H54FN5O5/c36-26-18-24-32-34(31(26)37-9-13-39-10-3-4-11-39)46-30-19-23-22-6-1-2-7-28(22)45-29(23)20-27(30)41(32)21-25(33(24)42)35(43)38-8-5-12-40-14-16-44-17-15-40/h21-24,26-32,34,37H,1-20H2,(H,38,43). The Morgan fingerprint density at radius 3 is 2.52 bits per heavy atom. The Morgan fingerprint density at radius 2 is 1.67 bits per heavy atom. The highest BCUT2D eigenvalue weighted by Crippen LogP contribution is 2.52. The molecule has 46 heavy (non-hydrogen) atoms. The summed E-state index contributed by atoms with van der Waals surface area (Å²) >= 11 is 0. The number of ether oxygens (including phenoxy) is 3. The van der Waals surface area contributed by atoms with Crippen LogP contribution in [0, 0.1) is 17.8 Å². The number of Topliss-reactive ketones (excluding diaryl/α,β-unsaturated/α-hetero) is 1. The minimum absolute atomic E-state index is 0.0174. The van der Waals surface area contributed by atoms with Gasteiger partial charge in [-0.2, -0.15) is 0 Å². The van der Waals surface area contributed by atoms with Gasteiger partial charge in [-0.05, 0) is 82.8 Å². The number of amides is 1. The fourth-order valence-corrected chi connectivity index (χ4v) is 10.4. The molecule has 7 fully saturated rings. The Hall–Kier alpha value is -1.63. The normalized spacial score (nSPS) is 42.5. The van der Waals surface area contributed by atoms with Gasteiger partial charge in [0, 0.05) is 44.8 Å². The predicted molar refractivity (Wildman–Crippen MR) is 170 cm³/mol. The number of carbonyl (C=O) groups is 2. The van der Waals surface area contributed by atoms with Crippen LogP contribution in [0.3, 0.4) is 0 Å². The molecule has 1 amide bonds. The van der Waals surface area contributed by atoms with Gasteiger partial charge < -0.3 is 34.6 Å². The molecule has 8 rings (SSSR count). The second-order valence-corrected chi connectivity index (χ2v) is 15.3. The third-order valence-corrected chi connectivity index (χ3v) is 12.7. The number of morpholine rings is 2. The SMILES string of the molecule is O=C(NCCCN1CCOCC1)C1=CN2C3CC4OC5CCCCC5C4CC3OC3C(NCCN4CCCC4)C(F)CC(C1=O)C32. The molecule has 4 saturated heterocycles. The number of rotatable bonds is 9. The van der Waals surface area contributed by atoms with Crippen molar-refractivity contribution < 1.29 is 28.2 Å².